The summed E-state index contributed by atoms with van der Waals surface area (Å²) in [6.45, 7) is 13.8. The number of pyridine rings is 1. The predicted octanol–water partition coefficient (Wildman–Crippen LogP) is 7.10. The van der Waals surface area contributed by atoms with Gasteiger partial charge in [-0.1, -0.05) is 31.5 Å². The van der Waals surface area contributed by atoms with E-state index in [1.807, 2.05) is 42.5 Å². The highest BCUT2D eigenvalue weighted by molar-refractivity contribution is 9.10. The Bertz CT molecular complexity index is 1240. The van der Waals surface area contributed by atoms with Gasteiger partial charge in [0.25, 0.3) is 0 Å². The average Bonchev–Trinajstić information content (AvgIpc) is 2.95. The van der Waals surface area contributed by atoms with Gasteiger partial charge in [-0.05, 0) is 99.8 Å². The summed E-state index contributed by atoms with van der Waals surface area (Å²) < 4.78 is 28.3. The summed E-state index contributed by atoms with van der Waals surface area (Å²) in [6.07, 6.45) is 3.29. The molecule has 3 amide bonds. The molecule has 0 bridgehead atoms. The van der Waals surface area contributed by atoms with Crippen molar-refractivity contribution in [1.82, 2.24) is 15.2 Å². The van der Waals surface area contributed by atoms with E-state index in [0.29, 0.717) is 35.9 Å². The normalized spacial score (nSPS) is 12.4. The highest BCUT2D eigenvalue weighted by atomic mass is 79.9. The SMILES string of the molecule is CCCC(NC(=O)C=Cc1cccc(Br)n1)c1ccc(OCCOCCOCCN(C(=O)OC(C)(C)C)C(=O)OC(C)(C)C)cc1. The van der Waals surface area contributed by atoms with E-state index in [-0.39, 0.29) is 31.7 Å². The van der Waals surface area contributed by atoms with Gasteiger partial charge < -0.3 is 29.0 Å². The second kappa shape index (κ2) is 19.2. The van der Waals surface area contributed by atoms with Crippen LogP contribution in [0, 0.1) is 0 Å². The number of halogens is 1. The smallest absolute Gasteiger partial charge is 0.419 e. The van der Waals surface area contributed by atoms with Gasteiger partial charge in [-0.25, -0.2) is 19.5 Å². The number of amides is 3. The Morgan fingerprint density at radius 3 is 2.02 bits per heavy atom. The van der Waals surface area contributed by atoms with Crippen LogP contribution < -0.4 is 10.1 Å². The van der Waals surface area contributed by atoms with Gasteiger partial charge in [0.15, 0.2) is 0 Å². The van der Waals surface area contributed by atoms with Crippen molar-refractivity contribution in [3.63, 3.8) is 0 Å². The number of hydrogen-bond acceptors (Lipinski definition) is 9. The minimum absolute atomic E-state index is 0.0221. The van der Waals surface area contributed by atoms with Gasteiger partial charge in [0, 0.05) is 6.08 Å². The molecule has 1 aromatic carbocycles. The van der Waals surface area contributed by atoms with Crippen molar-refractivity contribution in [3.8, 4) is 5.75 Å². The Labute approximate surface area is 281 Å². The Morgan fingerprint density at radius 2 is 1.46 bits per heavy atom. The molecule has 11 nitrogen and oxygen atoms in total. The van der Waals surface area contributed by atoms with Crippen LogP contribution in [-0.4, -0.2) is 78.8 Å². The maximum atomic E-state index is 12.6. The van der Waals surface area contributed by atoms with Crippen molar-refractivity contribution in [2.45, 2.75) is 78.6 Å². The number of carbonyl (C=O) groups is 3. The van der Waals surface area contributed by atoms with E-state index in [9.17, 15) is 14.4 Å². The van der Waals surface area contributed by atoms with Gasteiger partial charge in [-0.15, -0.1) is 0 Å². The molecule has 0 fully saturated rings. The molecule has 254 valence electrons. The van der Waals surface area contributed by atoms with Gasteiger partial charge in [0.05, 0.1) is 44.7 Å². The van der Waals surface area contributed by atoms with Crippen LogP contribution in [-0.2, 0) is 23.7 Å². The van der Waals surface area contributed by atoms with Crippen molar-refractivity contribution >= 4 is 40.1 Å². The number of aromatic nitrogens is 1. The van der Waals surface area contributed by atoms with Crippen LogP contribution in [0.3, 0.4) is 0 Å². The molecule has 2 aromatic rings. The third kappa shape index (κ3) is 16.2. The maximum absolute atomic E-state index is 12.6. The Hall–Kier alpha value is -3.48. The first kappa shape index (κ1) is 38.7. The third-order valence-corrected chi connectivity index (χ3v) is 6.32. The number of carbonyl (C=O) groups excluding carboxylic acids is 3. The van der Waals surface area contributed by atoms with Gasteiger partial charge in [-0.2, -0.15) is 0 Å². The van der Waals surface area contributed by atoms with Crippen molar-refractivity contribution in [1.29, 1.82) is 0 Å². The highest BCUT2D eigenvalue weighted by Gasteiger charge is 2.30. The van der Waals surface area contributed by atoms with Gasteiger partial charge in [-0.3, -0.25) is 4.79 Å². The van der Waals surface area contributed by atoms with Crippen LogP contribution in [0.2, 0.25) is 0 Å². The number of nitrogens with zero attached hydrogens (tertiary/aromatic N) is 2. The van der Waals surface area contributed by atoms with Crippen molar-refractivity contribution < 1.29 is 38.1 Å². The van der Waals surface area contributed by atoms with E-state index in [4.69, 9.17) is 23.7 Å². The standard InChI is InChI=1S/C34H48BrN3O8/c1-8-10-28(37-30(39)18-15-26-11-9-12-29(35)36-26)25-13-16-27(17-14-25)44-24-23-43-22-21-42-20-19-38(31(40)45-33(2,3)4)32(41)46-34(5,6)7/h9,11-18,28H,8,10,19-24H2,1-7H3,(H,37,39). The summed E-state index contributed by atoms with van der Waals surface area (Å²) in [5.74, 6) is 0.500. The van der Waals surface area contributed by atoms with Gasteiger partial charge in [0.2, 0.25) is 5.91 Å². The zero-order valence-electron chi connectivity index (χ0n) is 28.0. The first-order chi connectivity index (χ1) is 21.7. The molecule has 1 N–H and O–H groups in total. The largest absolute Gasteiger partial charge is 0.491 e. The molecule has 12 heteroatoms. The molecule has 0 saturated carbocycles. The third-order valence-electron chi connectivity index (χ3n) is 5.87. The molecule has 1 unspecified atom stereocenters. The minimum Gasteiger partial charge on any atom is -0.491 e. The molecular weight excluding hydrogens is 658 g/mol. The minimum atomic E-state index is -0.792. The van der Waals surface area contributed by atoms with Crippen LogP contribution in [0.1, 0.15) is 78.6 Å². The summed E-state index contributed by atoms with van der Waals surface area (Å²) in [5.41, 5.74) is 0.156. The van der Waals surface area contributed by atoms with E-state index in [1.54, 1.807) is 47.6 Å². The van der Waals surface area contributed by atoms with Crippen LogP contribution >= 0.6 is 15.9 Å². The molecule has 0 aliphatic heterocycles. The fraction of sp³-hybridized carbons (Fsp3) is 0.529. The zero-order chi connectivity index (χ0) is 34.2. The zero-order valence-corrected chi connectivity index (χ0v) is 29.6. The molecule has 2 rings (SSSR count). The topological polar surface area (TPSA) is 126 Å². The highest BCUT2D eigenvalue weighted by Crippen LogP contribution is 2.22. The molecule has 1 heterocycles. The predicted molar refractivity (Wildman–Crippen MR) is 180 cm³/mol. The summed E-state index contributed by atoms with van der Waals surface area (Å²) in [7, 11) is 0. The lowest BCUT2D eigenvalue weighted by atomic mass is 10.0. The summed E-state index contributed by atoms with van der Waals surface area (Å²) >= 11 is 3.33. The van der Waals surface area contributed by atoms with Gasteiger partial charge >= 0.3 is 12.2 Å². The lowest BCUT2D eigenvalue weighted by Gasteiger charge is -2.28. The lowest BCUT2D eigenvalue weighted by molar-refractivity contribution is -0.117. The Morgan fingerprint density at radius 1 is 0.870 bits per heavy atom. The molecule has 0 radical (unpaired) electrons. The van der Waals surface area contributed by atoms with Crippen LogP contribution in [0.25, 0.3) is 6.08 Å². The van der Waals surface area contributed by atoms with Crippen molar-refractivity contribution in [3.05, 3.63) is 64.4 Å². The quantitative estimate of drug-likeness (QED) is 0.111. The van der Waals surface area contributed by atoms with E-state index >= 15 is 0 Å². The Balaban J connectivity index is 1.71. The molecule has 0 aliphatic carbocycles. The number of imide groups is 1. The van der Waals surface area contributed by atoms with Crippen molar-refractivity contribution in [2.24, 2.45) is 0 Å². The Kier molecular flexibility index (Phi) is 16.2. The van der Waals surface area contributed by atoms with E-state index in [1.165, 1.54) is 6.08 Å². The number of ether oxygens (including phenoxy) is 5. The fourth-order valence-corrected chi connectivity index (χ4v) is 4.25. The average molecular weight is 707 g/mol. The number of benzene rings is 1. The van der Waals surface area contributed by atoms with E-state index in [2.05, 4.69) is 33.2 Å². The molecular formula is C34H48BrN3O8. The van der Waals surface area contributed by atoms with Crippen LogP contribution in [0.15, 0.2) is 53.1 Å². The maximum Gasteiger partial charge on any atom is 0.419 e. The first-order valence-corrected chi connectivity index (χ1v) is 16.2. The summed E-state index contributed by atoms with van der Waals surface area (Å²) in [5, 5.41) is 3.07. The molecule has 46 heavy (non-hydrogen) atoms. The molecule has 0 spiro atoms. The number of hydrogen-bond donors (Lipinski definition) is 1. The fourth-order valence-electron chi connectivity index (χ4n) is 3.89. The molecule has 0 saturated heterocycles. The second-order valence-corrected chi connectivity index (χ2v) is 13.1. The van der Waals surface area contributed by atoms with Gasteiger partial charge in [0.1, 0.15) is 28.2 Å². The second-order valence-electron chi connectivity index (χ2n) is 12.3. The van der Waals surface area contributed by atoms with Crippen molar-refractivity contribution in [2.75, 3.05) is 39.6 Å². The molecule has 1 atom stereocenters. The first-order valence-electron chi connectivity index (χ1n) is 15.4. The van der Waals surface area contributed by atoms with Crippen LogP contribution in [0.4, 0.5) is 9.59 Å². The lowest BCUT2D eigenvalue weighted by Crippen LogP contribution is -2.45. The summed E-state index contributed by atoms with van der Waals surface area (Å²) in [4.78, 5) is 42.8. The summed E-state index contributed by atoms with van der Waals surface area (Å²) in [6, 6.07) is 13.0. The van der Waals surface area contributed by atoms with E-state index < -0.39 is 23.4 Å². The molecule has 1 aromatic heterocycles. The number of rotatable bonds is 16. The number of nitrogens with one attached hydrogen (secondary N) is 1. The molecule has 0 aliphatic rings. The van der Waals surface area contributed by atoms with E-state index in [0.717, 1.165) is 23.3 Å². The monoisotopic (exact) mass is 705 g/mol. The van der Waals surface area contributed by atoms with Crippen LogP contribution in [0.5, 0.6) is 5.75 Å².